The number of hydrogen-bond acceptors (Lipinski definition) is 10. The van der Waals surface area contributed by atoms with Gasteiger partial charge in [0.05, 0.1) is 42.6 Å². The molecule has 1 saturated heterocycles. The number of carbonyl (C=O) groups is 1. The van der Waals surface area contributed by atoms with Gasteiger partial charge in [0.2, 0.25) is 0 Å². The van der Waals surface area contributed by atoms with Crippen LogP contribution < -0.4 is 5.73 Å². The van der Waals surface area contributed by atoms with Crippen LogP contribution in [0.15, 0.2) is 24.3 Å². The number of piperidine rings is 1. The Morgan fingerprint density at radius 2 is 1.86 bits per heavy atom. The smallest absolute Gasteiger partial charge is 0.340 e. The number of ether oxygens (including phenoxy) is 5. The number of para-hydroxylation sites is 1. The van der Waals surface area contributed by atoms with Crippen LogP contribution >= 0.6 is 0 Å². The zero-order valence-electron chi connectivity index (χ0n) is 25.3. The zero-order valence-corrected chi connectivity index (χ0v) is 25.3. The summed E-state index contributed by atoms with van der Waals surface area (Å²) in [6, 6.07) is 6.55. The Hall–Kier alpha value is -1.79. The number of nitrogens with two attached hydrogens (primary N) is 1. The number of esters is 1. The van der Waals surface area contributed by atoms with Crippen molar-refractivity contribution in [2.75, 3.05) is 53.9 Å². The molecule has 42 heavy (non-hydrogen) atoms. The van der Waals surface area contributed by atoms with E-state index in [4.69, 9.17) is 29.4 Å². The van der Waals surface area contributed by atoms with Gasteiger partial charge >= 0.3 is 5.97 Å². The number of aliphatic hydroxyl groups is 2. The highest BCUT2D eigenvalue weighted by molar-refractivity contribution is 5.95. The van der Waals surface area contributed by atoms with Gasteiger partial charge in [0.15, 0.2) is 0 Å². The minimum absolute atomic E-state index is 0.00697. The van der Waals surface area contributed by atoms with E-state index in [9.17, 15) is 15.0 Å². The second-order valence-corrected chi connectivity index (χ2v) is 13.8. The molecule has 1 heterocycles. The Kier molecular flexibility index (Phi) is 6.62. The van der Waals surface area contributed by atoms with Crippen LogP contribution in [0, 0.1) is 34.5 Å². The molecule has 232 valence electrons. The third-order valence-corrected chi connectivity index (χ3v) is 13.0. The van der Waals surface area contributed by atoms with Crippen LogP contribution in [0.25, 0.3) is 0 Å². The van der Waals surface area contributed by atoms with Gasteiger partial charge in [0, 0.05) is 75.7 Å². The molecule has 0 amide bonds. The predicted molar refractivity (Wildman–Crippen MR) is 153 cm³/mol. The summed E-state index contributed by atoms with van der Waals surface area (Å²) in [4.78, 5) is 15.7. The van der Waals surface area contributed by atoms with Gasteiger partial charge in [-0.05, 0) is 43.9 Å². The van der Waals surface area contributed by atoms with Gasteiger partial charge in [-0.25, -0.2) is 4.79 Å². The summed E-state index contributed by atoms with van der Waals surface area (Å²) in [5.74, 6) is -0.892. The van der Waals surface area contributed by atoms with Crippen molar-refractivity contribution in [2.45, 2.75) is 74.3 Å². The van der Waals surface area contributed by atoms with E-state index in [0.29, 0.717) is 30.8 Å². The van der Waals surface area contributed by atoms with Crippen molar-refractivity contribution in [1.82, 2.24) is 4.90 Å². The van der Waals surface area contributed by atoms with Crippen LogP contribution in [0.1, 0.15) is 43.0 Å². The summed E-state index contributed by atoms with van der Waals surface area (Å²) in [5, 5.41) is 26.3. The van der Waals surface area contributed by atoms with Crippen molar-refractivity contribution in [3.63, 3.8) is 0 Å². The molecule has 0 aromatic heterocycles. The first-order chi connectivity index (χ1) is 20.1. The topological polar surface area (TPSA) is 133 Å². The Morgan fingerprint density at radius 1 is 1.10 bits per heavy atom. The van der Waals surface area contributed by atoms with Crippen LogP contribution in [0.3, 0.4) is 0 Å². The van der Waals surface area contributed by atoms with Gasteiger partial charge in [0.25, 0.3) is 0 Å². The average molecular weight is 587 g/mol. The molecule has 1 spiro atoms. The highest BCUT2D eigenvalue weighted by Crippen LogP contribution is 2.80. The highest BCUT2D eigenvalue weighted by Gasteiger charge is 2.91. The number of benzene rings is 1. The summed E-state index contributed by atoms with van der Waals surface area (Å²) >= 11 is 0. The van der Waals surface area contributed by atoms with Crippen molar-refractivity contribution >= 4 is 11.7 Å². The molecule has 6 aliphatic rings. The Labute approximate surface area is 247 Å². The van der Waals surface area contributed by atoms with Crippen LogP contribution in [-0.2, 0) is 23.7 Å². The summed E-state index contributed by atoms with van der Waals surface area (Å²) in [7, 11) is 6.80. The molecule has 4 N–H and O–H groups in total. The largest absolute Gasteiger partial charge is 0.461 e. The lowest BCUT2D eigenvalue weighted by atomic mass is 9.42. The SMILES string of the molecule is CCN1C[C@]2(COC(=O)c3ccccc3N)CC[C@H](OC)[C@]34C1[C@](O)([C@@H](OC)[C@H]23)[C@@]1(O)C[C@H](OC)[C@H]2C[C@@H]4[C@@H]1[C@H]2OC. The molecule has 1 aromatic rings. The first-order valence-corrected chi connectivity index (χ1v) is 15.5. The molecule has 0 radical (unpaired) electrons. The number of anilines is 1. The first-order valence-electron chi connectivity index (χ1n) is 15.5. The Balaban J connectivity index is 1.41. The first kappa shape index (κ1) is 29.0. The average Bonchev–Trinajstić information content (AvgIpc) is 3.41. The lowest BCUT2D eigenvalue weighted by molar-refractivity contribution is -0.320. The van der Waals surface area contributed by atoms with E-state index in [1.54, 1.807) is 52.7 Å². The van der Waals surface area contributed by atoms with E-state index in [2.05, 4.69) is 11.8 Å². The maximum absolute atomic E-state index is 13.4. The number of likely N-dealkylation sites (N-methyl/N-ethyl adjacent to an activating group) is 1. The van der Waals surface area contributed by atoms with E-state index >= 15 is 0 Å². The van der Waals surface area contributed by atoms with Crippen molar-refractivity contribution in [3.05, 3.63) is 29.8 Å². The third kappa shape index (κ3) is 3.12. The maximum atomic E-state index is 13.4. The number of rotatable bonds is 8. The van der Waals surface area contributed by atoms with Gasteiger partial charge in [0.1, 0.15) is 11.2 Å². The molecule has 5 aliphatic carbocycles. The van der Waals surface area contributed by atoms with Gasteiger partial charge in [-0.1, -0.05) is 19.1 Å². The minimum atomic E-state index is -1.62. The zero-order chi connectivity index (χ0) is 29.8. The van der Waals surface area contributed by atoms with E-state index in [1.165, 1.54) is 0 Å². The molecule has 7 bridgehead atoms. The van der Waals surface area contributed by atoms with E-state index in [1.807, 2.05) is 0 Å². The Bertz CT molecular complexity index is 1250. The number of nitrogen functional groups attached to an aromatic ring is 1. The molecule has 1 aliphatic heterocycles. The standard InChI is InChI=1S/C32H46N2O8/c1-6-34-15-29(16-42-27(35)17-9-7-8-10-20(17)33)12-11-22(39-3)31-19-13-18-21(38-2)14-30(36,23(19)24(18)40-4)32(37,28(31)34)26(41-5)25(29)31/h7-10,18-19,21-26,28,36-37H,6,11-16,33H2,1-5H3/t18-,19-,21+,22+,23-,24+,25-,26+,28?,29+,30-,31+,32-/m1/s1. The molecular formula is C32H46N2O8. The molecule has 1 aromatic carbocycles. The fraction of sp³-hybridized carbons (Fsp3) is 0.781. The quantitative estimate of drug-likeness (QED) is 0.306. The van der Waals surface area contributed by atoms with E-state index in [-0.39, 0.29) is 48.6 Å². The summed E-state index contributed by atoms with van der Waals surface area (Å²) in [5.41, 5.74) is 2.65. The van der Waals surface area contributed by atoms with Gasteiger partial charge < -0.3 is 39.6 Å². The molecule has 13 atom stereocenters. The van der Waals surface area contributed by atoms with Gasteiger partial charge in [-0.2, -0.15) is 0 Å². The van der Waals surface area contributed by atoms with E-state index in [0.717, 1.165) is 19.3 Å². The lowest BCUT2D eigenvalue weighted by Gasteiger charge is -2.70. The molecule has 10 heteroatoms. The lowest BCUT2D eigenvalue weighted by Crippen LogP contribution is -2.82. The highest BCUT2D eigenvalue weighted by atomic mass is 16.5. The van der Waals surface area contributed by atoms with Crippen molar-refractivity contribution < 1.29 is 38.7 Å². The fourth-order valence-electron chi connectivity index (χ4n) is 12.0. The number of hydrogen-bond donors (Lipinski definition) is 3. The second kappa shape index (κ2) is 9.60. The molecule has 7 rings (SSSR count). The van der Waals surface area contributed by atoms with Crippen LogP contribution in [0.4, 0.5) is 5.69 Å². The number of fused-ring (bicyclic) bond motifs is 2. The van der Waals surface area contributed by atoms with Crippen molar-refractivity contribution in [2.24, 2.45) is 34.5 Å². The van der Waals surface area contributed by atoms with Gasteiger partial charge in [-0.15, -0.1) is 0 Å². The van der Waals surface area contributed by atoms with Crippen LogP contribution in [0.2, 0.25) is 0 Å². The maximum Gasteiger partial charge on any atom is 0.340 e. The molecule has 6 fully saturated rings. The third-order valence-electron chi connectivity index (χ3n) is 13.0. The van der Waals surface area contributed by atoms with Crippen molar-refractivity contribution in [3.8, 4) is 0 Å². The number of methoxy groups -OCH3 is 4. The van der Waals surface area contributed by atoms with Crippen LogP contribution in [0.5, 0.6) is 0 Å². The van der Waals surface area contributed by atoms with Crippen LogP contribution in [-0.4, -0.2) is 111 Å². The summed E-state index contributed by atoms with van der Waals surface area (Å²) in [6.45, 7) is 3.54. The van der Waals surface area contributed by atoms with E-state index < -0.39 is 40.1 Å². The molecular weight excluding hydrogens is 540 g/mol. The normalized spacial score (nSPS) is 50.1. The summed E-state index contributed by atoms with van der Waals surface area (Å²) in [6.07, 6.45) is 1.22. The van der Waals surface area contributed by atoms with Crippen molar-refractivity contribution in [1.29, 1.82) is 0 Å². The monoisotopic (exact) mass is 586 g/mol. The minimum Gasteiger partial charge on any atom is -0.461 e. The fourth-order valence-corrected chi connectivity index (χ4v) is 12.0. The number of likely N-dealkylation sites (tertiary alicyclic amines) is 1. The predicted octanol–water partition coefficient (Wildman–Crippen LogP) is 1.72. The second-order valence-electron chi connectivity index (χ2n) is 13.8. The van der Waals surface area contributed by atoms with Gasteiger partial charge in [-0.3, -0.25) is 4.90 Å². The Morgan fingerprint density at radius 3 is 2.50 bits per heavy atom. The molecule has 5 saturated carbocycles. The molecule has 10 nitrogen and oxygen atoms in total. The number of carbonyl (C=O) groups excluding carboxylic acids is 1. The number of nitrogens with zero attached hydrogens (tertiary/aromatic N) is 1. The summed E-state index contributed by atoms with van der Waals surface area (Å²) < 4.78 is 31.1. The molecule has 1 unspecified atom stereocenters.